The molecule has 0 unspecified atom stereocenters. The average molecular weight is 551 g/mol. The Morgan fingerprint density at radius 1 is 1.02 bits per heavy atom. The summed E-state index contributed by atoms with van der Waals surface area (Å²) in [4.78, 5) is 33.2. The minimum atomic E-state index is -0.0460. The molecule has 3 aromatic rings. The number of carbonyl (C=O) groups is 2. The van der Waals surface area contributed by atoms with Gasteiger partial charge in [-0.1, -0.05) is 80.0 Å². The fourth-order valence-corrected chi connectivity index (χ4v) is 8.04. The van der Waals surface area contributed by atoms with Gasteiger partial charge in [0.25, 0.3) is 11.8 Å². The van der Waals surface area contributed by atoms with E-state index in [9.17, 15) is 9.59 Å². The fraction of sp³-hybridized carbons (Fsp3) is 0.371. The van der Waals surface area contributed by atoms with E-state index in [1.807, 2.05) is 53.1 Å². The summed E-state index contributed by atoms with van der Waals surface area (Å²) in [5.41, 5.74) is 4.48. The van der Waals surface area contributed by atoms with Gasteiger partial charge in [-0.25, -0.2) is 0 Å². The van der Waals surface area contributed by atoms with E-state index in [-0.39, 0.29) is 29.9 Å². The third-order valence-corrected chi connectivity index (χ3v) is 10.1. The van der Waals surface area contributed by atoms with Crippen LogP contribution in [0.2, 0.25) is 0 Å². The first kappa shape index (κ1) is 26.8. The second-order valence-electron chi connectivity index (χ2n) is 11.4. The summed E-state index contributed by atoms with van der Waals surface area (Å²) in [6, 6.07) is 20.9. The molecule has 1 aliphatic carbocycles. The largest absolute Gasteiger partial charge is 0.331 e. The van der Waals surface area contributed by atoms with Gasteiger partial charge < -0.3 is 9.80 Å². The topological polar surface area (TPSA) is 40.6 Å². The van der Waals surface area contributed by atoms with Crippen molar-refractivity contribution in [1.29, 1.82) is 0 Å². The SMILES string of the molecule is C=CCN(C(=O)c1ccc(-c2ccc(C3CCCCC3)cc2)s1)[C@@H]1C[C@@H](/C=C/C)N2C(=O)c3ccccc3[C@@H]2C1. The zero-order valence-electron chi connectivity index (χ0n) is 23.3. The molecule has 2 aromatic carbocycles. The van der Waals surface area contributed by atoms with Crippen molar-refractivity contribution in [1.82, 2.24) is 9.80 Å². The molecular formula is C35H38N2O2S. The molecule has 2 fully saturated rings. The standard InChI is InChI=1S/C35H38N2O2S/c1-3-10-27-22-28(23-31-29-13-8-9-14-30(29)34(38)37(27)31)36(21-4-2)35(39)33-20-19-32(40-33)26-17-15-25(16-18-26)24-11-6-5-7-12-24/h3-4,8-10,13-20,24,27-28,31H,2,5-7,11-12,21-23H2,1H3/b10-3+/t27-,28-,31+/m1/s1. The molecule has 2 aliphatic heterocycles. The maximum atomic E-state index is 14.0. The molecule has 0 radical (unpaired) electrons. The first-order chi connectivity index (χ1) is 19.6. The smallest absolute Gasteiger partial charge is 0.264 e. The zero-order chi connectivity index (χ0) is 27.6. The Kier molecular flexibility index (Phi) is 7.75. The third-order valence-electron chi connectivity index (χ3n) is 9.02. The summed E-state index contributed by atoms with van der Waals surface area (Å²) < 4.78 is 0. The van der Waals surface area contributed by atoms with Gasteiger partial charge in [0.1, 0.15) is 0 Å². The second kappa shape index (κ2) is 11.6. The predicted molar refractivity (Wildman–Crippen MR) is 164 cm³/mol. The molecule has 1 aromatic heterocycles. The number of hydrogen-bond donors (Lipinski definition) is 0. The quantitative estimate of drug-likeness (QED) is 0.277. The van der Waals surface area contributed by atoms with E-state index in [1.54, 1.807) is 11.3 Å². The van der Waals surface area contributed by atoms with E-state index >= 15 is 0 Å². The fourth-order valence-electron chi connectivity index (χ4n) is 7.07. The van der Waals surface area contributed by atoms with E-state index < -0.39 is 0 Å². The Morgan fingerprint density at radius 2 is 1.80 bits per heavy atom. The first-order valence-electron chi connectivity index (χ1n) is 14.8. The molecule has 1 saturated carbocycles. The van der Waals surface area contributed by atoms with Crippen molar-refractivity contribution in [3.63, 3.8) is 0 Å². The summed E-state index contributed by atoms with van der Waals surface area (Å²) in [6.07, 6.45) is 14.0. The summed E-state index contributed by atoms with van der Waals surface area (Å²) in [7, 11) is 0. The number of nitrogens with zero attached hydrogens (tertiary/aromatic N) is 2. The van der Waals surface area contributed by atoms with Crippen LogP contribution in [-0.4, -0.2) is 40.2 Å². The highest BCUT2D eigenvalue weighted by Crippen LogP contribution is 2.44. The number of allylic oxidation sites excluding steroid dienone is 1. The Morgan fingerprint density at radius 3 is 2.55 bits per heavy atom. The highest BCUT2D eigenvalue weighted by Gasteiger charge is 2.46. The molecule has 3 heterocycles. The summed E-state index contributed by atoms with van der Waals surface area (Å²) >= 11 is 1.57. The molecule has 5 heteroatoms. The lowest BCUT2D eigenvalue weighted by atomic mass is 9.84. The van der Waals surface area contributed by atoms with E-state index in [0.29, 0.717) is 12.5 Å². The lowest BCUT2D eigenvalue weighted by molar-refractivity contribution is 0.0350. The molecule has 206 valence electrons. The number of piperidine rings is 1. The summed E-state index contributed by atoms with van der Waals surface area (Å²) in [5.74, 6) is 0.835. The van der Waals surface area contributed by atoms with Crippen LogP contribution in [0.4, 0.5) is 0 Å². The van der Waals surface area contributed by atoms with E-state index in [4.69, 9.17) is 0 Å². The second-order valence-corrected chi connectivity index (χ2v) is 12.5. The first-order valence-corrected chi connectivity index (χ1v) is 15.6. The summed E-state index contributed by atoms with van der Waals surface area (Å²) in [5, 5.41) is 0. The van der Waals surface area contributed by atoms with Crippen LogP contribution < -0.4 is 0 Å². The van der Waals surface area contributed by atoms with Crippen molar-refractivity contribution in [2.24, 2.45) is 0 Å². The molecule has 3 atom stereocenters. The minimum absolute atomic E-state index is 0.00670. The number of hydrogen-bond acceptors (Lipinski definition) is 3. The van der Waals surface area contributed by atoms with Crippen molar-refractivity contribution < 1.29 is 9.59 Å². The molecule has 4 nitrogen and oxygen atoms in total. The van der Waals surface area contributed by atoms with Crippen LogP contribution in [0.5, 0.6) is 0 Å². The van der Waals surface area contributed by atoms with Crippen LogP contribution in [0.1, 0.15) is 95.0 Å². The van der Waals surface area contributed by atoms with Gasteiger partial charge in [0.15, 0.2) is 0 Å². The highest BCUT2D eigenvalue weighted by molar-refractivity contribution is 7.17. The normalized spacial score (nSPS) is 22.8. The van der Waals surface area contributed by atoms with E-state index in [0.717, 1.165) is 33.7 Å². The lowest BCUT2D eigenvalue weighted by Gasteiger charge is -2.44. The van der Waals surface area contributed by atoms with Gasteiger partial charge in [0, 0.05) is 23.0 Å². The van der Waals surface area contributed by atoms with Crippen LogP contribution >= 0.6 is 11.3 Å². The molecule has 6 rings (SSSR count). The van der Waals surface area contributed by atoms with Crippen molar-refractivity contribution in [2.75, 3.05) is 6.54 Å². The van der Waals surface area contributed by atoms with Crippen LogP contribution in [0.15, 0.2) is 85.5 Å². The van der Waals surface area contributed by atoms with Crippen LogP contribution in [0, 0.1) is 0 Å². The number of benzene rings is 2. The molecule has 2 amide bonds. The van der Waals surface area contributed by atoms with E-state index in [1.165, 1.54) is 43.2 Å². The Balaban J connectivity index is 1.23. The van der Waals surface area contributed by atoms with Crippen LogP contribution in [0.25, 0.3) is 10.4 Å². The third kappa shape index (κ3) is 4.96. The number of carbonyl (C=O) groups excluding carboxylic acids is 2. The molecule has 0 spiro atoms. The Hall–Kier alpha value is -3.44. The molecule has 40 heavy (non-hydrogen) atoms. The van der Waals surface area contributed by atoms with E-state index in [2.05, 4.69) is 49.1 Å². The van der Waals surface area contributed by atoms with Crippen LogP contribution in [-0.2, 0) is 0 Å². The van der Waals surface area contributed by atoms with Gasteiger partial charge in [0.2, 0.25) is 0 Å². The van der Waals surface area contributed by atoms with Gasteiger partial charge in [-0.15, -0.1) is 17.9 Å². The number of thiophene rings is 1. The predicted octanol–water partition coefficient (Wildman–Crippen LogP) is 8.40. The van der Waals surface area contributed by atoms with Crippen molar-refractivity contribution in [3.8, 4) is 10.4 Å². The van der Waals surface area contributed by atoms with Gasteiger partial charge in [-0.3, -0.25) is 9.59 Å². The molecular weight excluding hydrogens is 512 g/mol. The monoisotopic (exact) mass is 550 g/mol. The molecule has 3 aliphatic rings. The van der Waals surface area contributed by atoms with Crippen molar-refractivity contribution in [2.45, 2.75) is 75.9 Å². The highest BCUT2D eigenvalue weighted by atomic mass is 32.1. The van der Waals surface area contributed by atoms with Crippen molar-refractivity contribution in [3.05, 3.63) is 107 Å². The lowest BCUT2D eigenvalue weighted by Crippen LogP contribution is -2.51. The Labute approximate surface area is 242 Å². The molecule has 0 N–H and O–H groups in total. The zero-order valence-corrected chi connectivity index (χ0v) is 24.1. The maximum Gasteiger partial charge on any atom is 0.264 e. The van der Waals surface area contributed by atoms with Gasteiger partial charge in [-0.2, -0.15) is 0 Å². The van der Waals surface area contributed by atoms with Gasteiger partial charge in [0.05, 0.1) is 17.0 Å². The molecule has 1 saturated heterocycles. The van der Waals surface area contributed by atoms with Gasteiger partial charge in [-0.05, 0) is 73.4 Å². The number of fused-ring (bicyclic) bond motifs is 3. The number of amides is 2. The Bertz CT molecular complexity index is 1420. The maximum absolute atomic E-state index is 14.0. The van der Waals surface area contributed by atoms with Gasteiger partial charge >= 0.3 is 0 Å². The summed E-state index contributed by atoms with van der Waals surface area (Å²) in [6.45, 7) is 6.45. The number of rotatable bonds is 7. The molecule has 0 bridgehead atoms. The van der Waals surface area contributed by atoms with Crippen LogP contribution in [0.3, 0.4) is 0 Å². The van der Waals surface area contributed by atoms with Crippen molar-refractivity contribution >= 4 is 23.2 Å². The average Bonchev–Trinajstić information content (AvgIpc) is 3.60. The minimum Gasteiger partial charge on any atom is -0.331 e.